The second-order valence-electron chi connectivity index (χ2n) is 2.97. The average Bonchev–Trinajstić information content (AvgIpc) is 3.05. The summed E-state index contributed by atoms with van der Waals surface area (Å²) in [7, 11) is 0. The van der Waals surface area contributed by atoms with Crippen molar-refractivity contribution < 1.29 is 0 Å². The maximum absolute atomic E-state index is 3.84. The molecule has 0 fully saturated rings. The summed E-state index contributed by atoms with van der Waals surface area (Å²) in [6, 6.07) is 0. The van der Waals surface area contributed by atoms with Gasteiger partial charge in [-0.15, -0.1) is 20.4 Å². The summed E-state index contributed by atoms with van der Waals surface area (Å²) in [4.78, 5) is 7.69. The third kappa shape index (κ3) is 2.16. The highest BCUT2D eigenvalue weighted by atomic mass is 15.4. The highest BCUT2D eigenvalue weighted by Crippen LogP contribution is 2.05. The van der Waals surface area contributed by atoms with E-state index in [0.717, 1.165) is 0 Å². The Hall–Kier alpha value is -3.18. The zero-order valence-electron chi connectivity index (χ0n) is 8.73. The van der Waals surface area contributed by atoms with E-state index in [0.29, 0.717) is 11.9 Å². The second kappa shape index (κ2) is 4.36. The topological polar surface area (TPSA) is 159 Å². The Bertz CT molecular complexity index is 527. The first kappa shape index (κ1) is 10.0. The molecule has 3 aromatic heterocycles. The first-order valence-corrected chi connectivity index (χ1v) is 4.72. The van der Waals surface area contributed by atoms with Crippen LogP contribution >= 0.6 is 0 Å². The Morgan fingerprint density at radius 1 is 0.722 bits per heavy atom. The minimum atomic E-state index is 0.190. The Balaban J connectivity index is 1.69. The second-order valence-corrected chi connectivity index (χ2v) is 2.97. The van der Waals surface area contributed by atoms with Gasteiger partial charge in [-0.3, -0.25) is 10.6 Å². The fraction of sp³-hybridized carbons (Fsp3) is 0. The molecular formula is C6H6N12. The van der Waals surface area contributed by atoms with Gasteiger partial charge in [-0.25, -0.2) is 10.2 Å². The van der Waals surface area contributed by atoms with Crippen molar-refractivity contribution >= 4 is 23.8 Å². The zero-order chi connectivity index (χ0) is 12.2. The summed E-state index contributed by atoms with van der Waals surface area (Å²) < 4.78 is 0. The van der Waals surface area contributed by atoms with Crippen molar-refractivity contribution in [1.82, 2.24) is 50.8 Å². The van der Waals surface area contributed by atoms with Crippen LogP contribution in [0.2, 0.25) is 0 Å². The smallest absolute Gasteiger partial charge is 0.269 e. The molecule has 0 aromatic carbocycles. The quantitative estimate of drug-likeness (QED) is 0.449. The maximum Gasteiger partial charge on any atom is 0.269 e. The van der Waals surface area contributed by atoms with Gasteiger partial charge in [-0.1, -0.05) is 0 Å². The predicted molar refractivity (Wildman–Crippen MR) is 57.0 cm³/mol. The SMILES string of the molecule is c1n[nH]c(Nc2nnc(Nc3ncn[nH]3)nn2)n1. The van der Waals surface area contributed by atoms with E-state index in [2.05, 4.69) is 61.4 Å². The first-order chi connectivity index (χ1) is 8.90. The van der Waals surface area contributed by atoms with E-state index >= 15 is 0 Å². The number of aromatic amines is 2. The minimum Gasteiger partial charge on any atom is -0.290 e. The Morgan fingerprint density at radius 2 is 1.17 bits per heavy atom. The Kier molecular flexibility index (Phi) is 2.42. The molecule has 0 aliphatic rings. The molecule has 0 atom stereocenters. The van der Waals surface area contributed by atoms with Crippen LogP contribution in [0, 0.1) is 0 Å². The number of hydrogen-bond acceptors (Lipinski definition) is 10. The highest BCUT2D eigenvalue weighted by Gasteiger charge is 2.04. The molecule has 18 heavy (non-hydrogen) atoms. The standard InChI is InChI=1S/C6H6N12/c1-7-3(13-9-1)11-5-15-17-6(18-16-5)12-4-8-2-10-14-4/h1-2H,(H2,7,9,11,13,15,16)(H2,8,10,12,14,17,18). The molecule has 0 radical (unpaired) electrons. The van der Waals surface area contributed by atoms with E-state index < -0.39 is 0 Å². The largest absolute Gasteiger partial charge is 0.290 e. The lowest BCUT2D eigenvalue weighted by molar-refractivity contribution is 0.869. The molecule has 0 spiro atoms. The van der Waals surface area contributed by atoms with Crippen molar-refractivity contribution in [1.29, 1.82) is 0 Å². The van der Waals surface area contributed by atoms with Crippen molar-refractivity contribution in [2.24, 2.45) is 0 Å². The lowest BCUT2D eigenvalue weighted by atomic mass is 10.9. The van der Waals surface area contributed by atoms with Gasteiger partial charge in [-0.2, -0.15) is 20.2 Å². The third-order valence-corrected chi connectivity index (χ3v) is 1.77. The monoisotopic (exact) mass is 246 g/mol. The van der Waals surface area contributed by atoms with E-state index in [9.17, 15) is 0 Å². The van der Waals surface area contributed by atoms with Crippen LogP contribution in [0.4, 0.5) is 23.8 Å². The molecule has 3 rings (SSSR count). The van der Waals surface area contributed by atoms with Gasteiger partial charge in [0.05, 0.1) is 0 Å². The third-order valence-electron chi connectivity index (χ3n) is 1.77. The van der Waals surface area contributed by atoms with Crippen molar-refractivity contribution in [3.63, 3.8) is 0 Å². The van der Waals surface area contributed by atoms with Gasteiger partial charge >= 0.3 is 0 Å². The molecule has 12 heteroatoms. The fourth-order valence-electron chi connectivity index (χ4n) is 1.07. The van der Waals surface area contributed by atoms with Crippen LogP contribution in [-0.4, -0.2) is 50.8 Å². The van der Waals surface area contributed by atoms with Gasteiger partial charge in [0.15, 0.2) is 0 Å². The van der Waals surface area contributed by atoms with Crippen LogP contribution in [-0.2, 0) is 0 Å². The molecule has 0 amide bonds. The van der Waals surface area contributed by atoms with Crippen LogP contribution in [0.3, 0.4) is 0 Å². The van der Waals surface area contributed by atoms with E-state index in [-0.39, 0.29) is 11.9 Å². The van der Waals surface area contributed by atoms with E-state index in [4.69, 9.17) is 0 Å². The Morgan fingerprint density at radius 3 is 1.50 bits per heavy atom. The highest BCUT2D eigenvalue weighted by molar-refractivity contribution is 5.42. The van der Waals surface area contributed by atoms with E-state index in [1.165, 1.54) is 12.7 Å². The van der Waals surface area contributed by atoms with Gasteiger partial charge < -0.3 is 0 Å². The average molecular weight is 246 g/mol. The van der Waals surface area contributed by atoms with Crippen LogP contribution < -0.4 is 10.6 Å². The molecule has 3 aromatic rings. The molecule has 0 bridgehead atoms. The molecular weight excluding hydrogens is 240 g/mol. The number of aromatic nitrogens is 10. The van der Waals surface area contributed by atoms with Crippen molar-refractivity contribution in [3.8, 4) is 0 Å². The summed E-state index contributed by atoms with van der Waals surface area (Å²) in [5, 5.41) is 33.1. The van der Waals surface area contributed by atoms with Crippen LogP contribution in [0.25, 0.3) is 0 Å². The van der Waals surface area contributed by atoms with Crippen molar-refractivity contribution in [2.45, 2.75) is 0 Å². The molecule has 90 valence electrons. The molecule has 0 unspecified atom stereocenters. The minimum absolute atomic E-state index is 0.190. The van der Waals surface area contributed by atoms with Crippen molar-refractivity contribution in [2.75, 3.05) is 10.6 Å². The van der Waals surface area contributed by atoms with Gasteiger partial charge in [0, 0.05) is 0 Å². The Labute approximate surface area is 98.7 Å². The normalized spacial score (nSPS) is 10.2. The summed E-state index contributed by atoms with van der Waals surface area (Å²) in [5.74, 6) is 1.17. The van der Waals surface area contributed by atoms with Crippen LogP contribution in [0.5, 0.6) is 0 Å². The number of nitrogens with zero attached hydrogens (tertiary/aromatic N) is 8. The molecule has 0 aliphatic heterocycles. The molecule has 0 aliphatic carbocycles. The van der Waals surface area contributed by atoms with Gasteiger partial charge in [-0.05, 0) is 0 Å². The van der Waals surface area contributed by atoms with E-state index in [1.54, 1.807) is 0 Å². The van der Waals surface area contributed by atoms with Crippen LogP contribution in [0.1, 0.15) is 0 Å². The number of hydrogen-bond donors (Lipinski definition) is 4. The van der Waals surface area contributed by atoms with E-state index in [1.807, 2.05) is 0 Å². The summed E-state index contributed by atoms with van der Waals surface area (Å²) in [6.07, 6.45) is 2.70. The number of rotatable bonds is 4. The zero-order valence-corrected chi connectivity index (χ0v) is 8.73. The molecule has 3 heterocycles. The van der Waals surface area contributed by atoms with Crippen LogP contribution in [0.15, 0.2) is 12.7 Å². The van der Waals surface area contributed by atoms with Crippen molar-refractivity contribution in [3.05, 3.63) is 12.7 Å². The number of anilines is 4. The summed E-state index contributed by atoms with van der Waals surface area (Å²) in [6.45, 7) is 0. The lowest BCUT2D eigenvalue weighted by Crippen LogP contribution is -2.06. The molecule has 0 saturated carbocycles. The summed E-state index contributed by atoms with van der Waals surface area (Å²) in [5.41, 5.74) is 0. The van der Waals surface area contributed by atoms with Gasteiger partial charge in [0.2, 0.25) is 11.9 Å². The molecule has 12 nitrogen and oxygen atoms in total. The number of nitrogens with one attached hydrogen (secondary N) is 4. The van der Waals surface area contributed by atoms with Gasteiger partial charge in [0.1, 0.15) is 12.7 Å². The summed E-state index contributed by atoms with van der Waals surface area (Å²) >= 11 is 0. The van der Waals surface area contributed by atoms with Gasteiger partial charge in [0.25, 0.3) is 11.9 Å². The molecule has 0 saturated heterocycles. The predicted octanol–water partition coefficient (Wildman–Crippen LogP) is -1.01. The fourth-order valence-corrected chi connectivity index (χ4v) is 1.07. The molecule has 4 N–H and O–H groups in total. The lowest BCUT2D eigenvalue weighted by Gasteiger charge is -2.00. The first-order valence-electron chi connectivity index (χ1n) is 4.72. The number of H-pyrrole nitrogens is 2. The maximum atomic E-state index is 3.84.